The molecule has 2 fully saturated rings. The molecule has 0 radical (unpaired) electrons. The van der Waals surface area contributed by atoms with Gasteiger partial charge in [-0.1, -0.05) is 25.1 Å². The van der Waals surface area contributed by atoms with Crippen LogP contribution in [-0.4, -0.2) is 47.0 Å². The first kappa shape index (κ1) is 17.6. The Morgan fingerprint density at radius 1 is 1.21 bits per heavy atom. The van der Waals surface area contributed by atoms with E-state index in [9.17, 15) is 9.90 Å². The van der Waals surface area contributed by atoms with E-state index >= 15 is 0 Å². The number of thioether (sulfide) groups is 1. The number of likely N-dealkylation sites (tertiary alicyclic amines) is 1. The summed E-state index contributed by atoms with van der Waals surface area (Å²) in [4.78, 5) is 15.6. The Morgan fingerprint density at radius 2 is 1.88 bits per heavy atom. The molecule has 2 N–H and O–H groups in total. The van der Waals surface area contributed by atoms with Crippen LogP contribution in [0.4, 0.5) is 4.79 Å². The summed E-state index contributed by atoms with van der Waals surface area (Å²) >= 11 is 1.89. The van der Waals surface area contributed by atoms with Gasteiger partial charge in [0.1, 0.15) is 0 Å². The van der Waals surface area contributed by atoms with Crippen molar-refractivity contribution in [3.8, 4) is 0 Å². The van der Waals surface area contributed by atoms with Crippen LogP contribution in [0.2, 0.25) is 0 Å². The van der Waals surface area contributed by atoms with Gasteiger partial charge in [-0.25, -0.2) is 4.79 Å². The lowest BCUT2D eigenvalue weighted by Crippen LogP contribution is -2.49. The van der Waals surface area contributed by atoms with Gasteiger partial charge < -0.3 is 15.3 Å². The van der Waals surface area contributed by atoms with Gasteiger partial charge in [0.15, 0.2) is 0 Å². The molecule has 1 saturated heterocycles. The van der Waals surface area contributed by atoms with Crippen LogP contribution in [-0.2, 0) is 0 Å². The highest BCUT2D eigenvalue weighted by Crippen LogP contribution is 2.51. The molecule has 0 spiro atoms. The zero-order valence-electron chi connectivity index (χ0n) is 14.5. The van der Waals surface area contributed by atoms with Gasteiger partial charge in [-0.05, 0) is 49.7 Å². The number of carbonyl (C=O) groups excluding carboxylic acids is 1. The van der Waals surface area contributed by atoms with E-state index in [1.807, 2.05) is 22.7 Å². The molecule has 0 aromatic heterocycles. The van der Waals surface area contributed by atoms with Crippen LogP contribution in [0.25, 0.3) is 0 Å². The third kappa shape index (κ3) is 4.06. The molecule has 1 aromatic rings. The molecule has 5 heteroatoms. The topological polar surface area (TPSA) is 52.6 Å². The predicted octanol–water partition coefficient (Wildman–Crippen LogP) is 3.51. The summed E-state index contributed by atoms with van der Waals surface area (Å²) < 4.78 is 0.186. The fraction of sp³-hybridized carbons (Fsp3) is 0.632. The summed E-state index contributed by atoms with van der Waals surface area (Å²) in [7, 11) is 0. The Bertz CT molecular complexity index is 546. The Morgan fingerprint density at radius 3 is 2.42 bits per heavy atom. The molecular formula is C19H28N2O2S. The minimum absolute atomic E-state index is 0.0255. The SMILES string of the molecule is CCC1(CO)CCN(C(=O)NCC2(Sc3ccccc3)CC2)CC1. The van der Waals surface area contributed by atoms with Crippen molar-refractivity contribution < 1.29 is 9.90 Å². The number of rotatable bonds is 6. The molecule has 24 heavy (non-hydrogen) atoms. The summed E-state index contributed by atoms with van der Waals surface area (Å²) in [5.41, 5.74) is 0.0255. The summed E-state index contributed by atoms with van der Waals surface area (Å²) in [5.74, 6) is 0. The number of nitrogens with one attached hydrogen (secondary N) is 1. The smallest absolute Gasteiger partial charge is 0.317 e. The molecule has 132 valence electrons. The lowest BCUT2D eigenvalue weighted by molar-refractivity contribution is 0.0520. The maximum absolute atomic E-state index is 12.5. The van der Waals surface area contributed by atoms with Crippen LogP contribution in [0.15, 0.2) is 35.2 Å². The molecule has 1 aliphatic heterocycles. The normalized spacial score (nSPS) is 21.3. The first-order valence-electron chi connectivity index (χ1n) is 8.98. The second kappa shape index (κ2) is 7.36. The van der Waals surface area contributed by atoms with Crippen molar-refractivity contribution >= 4 is 17.8 Å². The monoisotopic (exact) mass is 348 g/mol. The van der Waals surface area contributed by atoms with Crippen molar-refractivity contribution in [3.05, 3.63) is 30.3 Å². The van der Waals surface area contributed by atoms with Crippen molar-refractivity contribution in [1.29, 1.82) is 0 Å². The summed E-state index contributed by atoms with van der Waals surface area (Å²) in [6.45, 7) is 4.60. The number of aliphatic hydroxyl groups is 1. The van der Waals surface area contributed by atoms with Crippen LogP contribution in [0, 0.1) is 5.41 Å². The van der Waals surface area contributed by atoms with Crippen LogP contribution in [0.1, 0.15) is 39.0 Å². The number of piperidine rings is 1. The molecule has 0 bridgehead atoms. The second-order valence-electron chi connectivity index (χ2n) is 7.26. The molecule has 1 aliphatic carbocycles. The molecule has 4 nitrogen and oxygen atoms in total. The molecule has 2 amide bonds. The molecule has 1 saturated carbocycles. The number of hydrogen-bond acceptors (Lipinski definition) is 3. The maximum Gasteiger partial charge on any atom is 0.317 e. The number of aliphatic hydroxyl groups excluding tert-OH is 1. The average Bonchev–Trinajstić information content (AvgIpc) is 3.40. The Labute approximate surface area is 149 Å². The minimum atomic E-state index is 0.0255. The van der Waals surface area contributed by atoms with Crippen molar-refractivity contribution in [2.45, 2.75) is 48.7 Å². The van der Waals surface area contributed by atoms with Gasteiger partial charge in [0.2, 0.25) is 0 Å². The van der Waals surface area contributed by atoms with E-state index < -0.39 is 0 Å². The maximum atomic E-state index is 12.5. The summed E-state index contributed by atoms with van der Waals surface area (Å²) in [5, 5.41) is 12.7. The highest BCUT2D eigenvalue weighted by molar-refractivity contribution is 8.01. The fourth-order valence-electron chi connectivity index (χ4n) is 3.35. The first-order valence-corrected chi connectivity index (χ1v) is 9.80. The third-order valence-electron chi connectivity index (χ3n) is 5.64. The molecule has 0 unspecified atom stereocenters. The van der Waals surface area contributed by atoms with Crippen molar-refractivity contribution in [1.82, 2.24) is 10.2 Å². The number of urea groups is 1. The van der Waals surface area contributed by atoms with E-state index in [4.69, 9.17) is 0 Å². The lowest BCUT2D eigenvalue weighted by Gasteiger charge is -2.40. The van der Waals surface area contributed by atoms with E-state index in [0.29, 0.717) is 0 Å². The van der Waals surface area contributed by atoms with Crippen LogP contribution >= 0.6 is 11.8 Å². The third-order valence-corrected chi connectivity index (χ3v) is 7.14. The molecular weight excluding hydrogens is 320 g/mol. The quantitative estimate of drug-likeness (QED) is 0.827. The molecule has 1 aromatic carbocycles. The van der Waals surface area contributed by atoms with Crippen molar-refractivity contribution in [2.75, 3.05) is 26.2 Å². The summed E-state index contributed by atoms with van der Waals surface area (Å²) in [6, 6.07) is 10.5. The Hall–Kier alpha value is -1.20. The first-order chi connectivity index (χ1) is 11.6. The molecule has 2 aliphatic rings. The molecule has 1 heterocycles. The van der Waals surface area contributed by atoms with Gasteiger partial charge in [0, 0.05) is 35.9 Å². The van der Waals surface area contributed by atoms with E-state index in [1.54, 1.807) is 0 Å². The highest BCUT2D eigenvalue weighted by atomic mass is 32.2. The number of carbonyl (C=O) groups is 1. The van der Waals surface area contributed by atoms with Gasteiger partial charge in [0.05, 0.1) is 0 Å². The van der Waals surface area contributed by atoms with E-state index in [1.165, 1.54) is 4.90 Å². The van der Waals surface area contributed by atoms with Gasteiger partial charge in [-0.15, -0.1) is 11.8 Å². The lowest BCUT2D eigenvalue weighted by atomic mass is 9.77. The van der Waals surface area contributed by atoms with Gasteiger partial charge >= 0.3 is 6.03 Å². The van der Waals surface area contributed by atoms with Gasteiger partial charge in [-0.2, -0.15) is 0 Å². The largest absolute Gasteiger partial charge is 0.396 e. The predicted molar refractivity (Wildman–Crippen MR) is 98.3 cm³/mol. The standard InChI is InChI=1S/C19H28N2O2S/c1-2-18(15-22)10-12-21(13-11-18)17(23)20-14-19(8-9-19)24-16-6-4-3-5-7-16/h3-7,22H,2,8-15H2,1H3,(H,20,23). The minimum Gasteiger partial charge on any atom is -0.396 e. The fourth-order valence-corrected chi connectivity index (χ4v) is 4.59. The second-order valence-corrected chi connectivity index (χ2v) is 8.80. The number of benzene rings is 1. The number of hydrogen-bond donors (Lipinski definition) is 2. The van der Waals surface area contributed by atoms with E-state index in [2.05, 4.69) is 36.5 Å². The van der Waals surface area contributed by atoms with E-state index in [-0.39, 0.29) is 22.8 Å². The number of amides is 2. The van der Waals surface area contributed by atoms with Gasteiger partial charge in [0.25, 0.3) is 0 Å². The average molecular weight is 349 g/mol. The Kier molecular flexibility index (Phi) is 5.40. The molecule has 0 atom stereocenters. The van der Waals surface area contributed by atoms with Crippen molar-refractivity contribution in [2.24, 2.45) is 5.41 Å². The van der Waals surface area contributed by atoms with Crippen LogP contribution in [0.5, 0.6) is 0 Å². The molecule has 3 rings (SSSR count). The van der Waals surface area contributed by atoms with Crippen LogP contribution < -0.4 is 5.32 Å². The Balaban J connectivity index is 1.46. The number of nitrogens with zero attached hydrogens (tertiary/aromatic N) is 1. The highest BCUT2D eigenvalue weighted by Gasteiger charge is 2.44. The van der Waals surface area contributed by atoms with E-state index in [0.717, 1.165) is 51.7 Å². The van der Waals surface area contributed by atoms with Gasteiger partial charge in [-0.3, -0.25) is 0 Å². The summed E-state index contributed by atoms with van der Waals surface area (Å²) in [6.07, 6.45) is 5.11. The zero-order chi connectivity index (χ0) is 17.0. The van der Waals surface area contributed by atoms with Crippen LogP contribution in [0.3, 0.4) is 0 Å². The zero-order valence-corrected chi connectivity index (χ0v) is 15.3. The van der Waals surface area contributed by atoms with Crippen molar-refractivity contribution in [3.63, 3.8) is 0 Å².